The molecule has 0 aromatic rings. The highest BCUT2D eigenvalue weighted by Crippen LogP contribution is 2.56. The lowest BCUT2D eigenvalue weighted by molar-refractivity contribution is 0.0543. The van der Waals surface area contributed by atoms with E-state index in [2.05, 4.69) is 39.8 Å². The first kappa shape index (κ1) is 9.97. The quantitative estimate of drug-likeness (QED) is 0.625. The van der Waals surface area contributed by atoms with Crippen molar-refractivity contribution >= 4 is 0 Å². The van der Waals surface area contributed by atoms with Crippen LogP contribution in [0.25, 0.3) is 0 Å². The van der Waals surface area contributed by atoms with E-state index in [9.17, 15) is 5.11 Å². The van der Waals surface area contributed by atoms with Crippen molar-refractivity contribution < 1.29 is 5.11 Å². The summed E-state index contributed by atoms with van der Waals surface area (Å²) in [5.74, 6) is 0. The Bertz CT molecular complexity index is 322. The van der Waals surface area contributed by atoms with E-state index >= 15 is 0 Å². The van der Waals surface area contributed by atoms with Gasteiger partial charge in [-0.1, -0.05) is 44.1 Å². The third-order valence-electron chi connectivity index (χ3n) is 4.08. The number of aliphatic hydroxyl groups excluding tert-OH is 1. The Morgan fingerprint density at radius 1 is 1.21 bits per heavy atom. The van der Waals surface area contributed by atoms with Crippen LogP contribution in [0.3, 0.4) is 0 Å². The van der Waals surface area contributed by atoms with Crippen LogP contribution in [0.1, 0.15) is 40.5 Å². The molecule has 0 aromatic heterocycles. The molecule has 78 valence electrons. The number of hydrogen-bond acceptors (Lipinski definition) is 1. The smallest absolute Gasteiger partial charge is 0.0559 e. The lowest BCUT2D eigenvalue weighted by atomic mass is 9.59. The zero-order valence-electron chi connectivity index (χ0n) is 9.59. The number of allylic oxidation sites excluding steroid dienone is 4. The Kier molecular flexibility index (Phi) is 1.94. The summed E-state index contributed by atoms with van der Waals surface area (Å²) in [6.07, 6.45) is 6.13. The summed E-state index contributed by atoms with van der Waals surface area (Å²) in [4.78, 5) is 0. The molecule has 2 rings (SSSR count). The van der Waals surface area contributed by atoms with Crippen LogP contribution >= 0.6 is 0 Å². The van der Waals surface area contributed by atoms with Gasteiger partial charge in [0.25, 0.3) is 0 Å². The van der Waals surface area contributed by atoms with Crippen molar-refractivity contribution in [2.75, 3.05) is 0 Å². The van der Waals surface area contributed by atoms with Crippen LogP contribution in [0.2, 0.25) is 0 Å². The van der Waals surface area contributed by atoms with Crippen molar-refractivity contribution in [1.29, 1.82) is 0 Å². The molecule has 0 aliphatic heterocycles. The van der Waals surface area contributed by atoms with Gasteiger partial charge >= 0.3 is 0 Å². The van der Waals surface area contributed by atoms with E-state index < -0.39 is 0 Å². The fourth-order valence-corrected chi connectivity index (χ4v) is 3.27. The monoisotopic (exact) mass is 192 g/mol. The molecule has 14 heavy (non-hydrogen) atoms. The fraction of sp³-hybridized carbons (Fsp3) is 0.692. The molecule has 0 heterocycles. The van der Waals surface area contributed by atoms with Crippen molar-refractivity contribution in [3.8, 4) is 0 Å². The third kappa shape index (κ3) is 1.18. The SMILES string of the molecule is CC1=CC=C2C(C)(C)CC(O)C[C@@]12C. The highest BCUT2D eigenvalue weighted by molar-refractivity contribution is 5.43. The molecule has 1 N–H and O–H groups in total. The van der Waals surface area contributed by atoms with Crippen LogP contribution in [0.15, 0.2) is 23.3 Å². The predicted molar refractivity (Wildman–Crippen MR) is 59.0 cm³/mol. The van der Waals surface area contributed by atoms with Gasteiger partial charge in [0, 0.05) is 5.41 Å². The second-order valence-electron chi connectivity index (χ2n) is 5.71. The Balaban J connectivity index is 2.43. The van der Waals surface area contributed by atoms with E-state index in [0.717, 1.165) is 12.8 Å². The van der Waals surface area contributed by atoms with Crippen LogP contribution < -0.4 is 0 Å². The molecule has 1 saturated carbocycles. The highest BCUT2D eigenvalue weighted by Gasteiger charge is 2.47. The zero-order valence-corrected chi connectivity index (χ0v) is 9.59. The molecule has 0 amide bonds. The summed E-state index contributed by atoms with van der Waals surface area (Å²) in [5, 5.41) is 9.92. The van der Waals surface area contributed by atoms with Crippen molar-refractivity contribution in [3.05, 3.63) is 23.3 Å². The van der Waals surface area contributed by atoms with Crippen LogP contribution in [0.5, 0.6) is 0 Å². The average Bonchev–Trinajstić information content (AvgIpc) is 2.26. The van der Waals surface area contributed by atoms with Gasteiger partial charge in [0.05, 0.1) is 6.10 Å². The minimum absolute atomic E-state index is 0.126. The second kappa shape index (κ2) is 2.73. The molecule has 2 aliphatic rings. The van der Waals surface area contributed by atoms with Gasteiger partial charge in [-0.3, -0.25) is 0 Å². The van der Waals surface area contributed by atoms with E-state index in [1.54, 1.807) is 0 Å². The fourth-order valence-electron chi connectivity index (χ4n) is 3.27. The molecular formula is C13H20O. The van der Waals surface area contributed by atoms with Crippen molar-refractivity contribution in [3.63, 3.8) is 0 Å². The average molecular weight is 192 g/mol. The van der Waals surface area contributed by atoms with Crippen LogP contribution in [0.4, 0.5) is 0 Å². The van der Waals surface area contributed by atoms with E-state index in [-0.39, 0.29) is 16.9 Å². The molecule has 0 saturated heterocycles. The van der Waals surface area contributed by atoms with Crippen molar-refractivity contribution in [2.45, 2.75) is 46.6 Å². The van der Waals surface area contributed by atoms with Gasteiger partial charge in [0.15, 0.2) is 0 Å². The van der Waals surface area contributed by atoms with Gasteiger partial charge < -0.3 is 5.11 Å². The standard InChI is InChI=1S/C13H20O/c1-9-5-6-11-12(2,3)7-10(14)8-13(9,11)4/h5-6,10,14H,7-8H2,1-4H3/t10?,13-/m0/s1. The summed E-state index contributed by atoms with van der Waals surface area (Å²) in [7, 11) is 0. The van der Waals surface area contributed by atoms with E-state index in [1.165, 1.54) is 11.1 Å². The first-order valence-corrected chi connectivity index (χ1v) is 5.44. The van der Waals surface area contributed by atoms with Gasteiger partial charge in [-0.25, -0.2) is 0 Å². The summed E-state index contributed by atoms with van der Waals surface area (Å²) in [6.45, 7) is 8.93. The minimum Gasteiger partial charge on any atom is -0.393 e. The maximum Gasteiger partial charge on any atom is 0.0559 e. The molecule has 0 aromatic carbocycles. The molecule has 2 atom stereocenters. The molecule has 2 aliphatic carbocycles. The van der Waals surface area contributed by atoms with Crippen LogP contribution in [-0.2, 0) is 0 Å². The number of aliphatic hydroxyl groups is 1. The molecular weight excluding hydrogens is 172 g/mol. The topological polar surface area (TPSA) is 20.2 Å². The second-order valence-corrected chi connectivity index (χ2v) is 5.71. The number of fused-ring (bicyclic) bond motifs is 1. The first-order chi connectivity index (χ1) is 6.36. The Hall–Kier alpha value is -0.560. The molecule has 1 heteroatoms. The maximum absolute atomic E-state index is 9.92. The third-order valence-corrected chi connectivity index (χ3v) is 4.08. The first-order valence-electron chi connectivity index (χ1n) is 5.44. The molecule has 0 spiro atoms. The molecule has 0 bridgehead atoms. The van der Waals surface area contributed by atoms with Gasteiger partial charge in [-0.15, -0.1) is 0 Å². The number of hydrogen-bond donors (Lipinski definition) is 1. The number of rotatable bonds is 0. The molecule has 1 nitrogen and oxygen atoms in total. The summed E-state index contributed by atoms with van der Waals surface area (Å²) >= 11 is 0. The Morgan fingerprint density at radius 2 is 1.86 bits per heavy atom. The molecule has 1 unspecified atom stereocenters. The van der Waals surface area contributed by atoms with Crippen molar-refractivity contribution in [2.24, 2.45) is 10.8 Å². The summed E-state index contributed by atoms with van der Waals surface area (Å²) in [5.41, 5.74) is 3.19. The van der Waals surface area contributed by atoms with E-state index in [4.69, 9.17) is 0 Å². The molecule has 1 fully saturated rings. The normalized spacial score (nSPS) is 40.2. The lowest BCUT2D eigenvalue weighted by Crippen LogP contribution is -2.40. The van der Waals surface area contributed by atoms with Crippen molar-refractivity contribution in [1.82, 2.24) is 0 Å². The van der Waals surface area contributed by atoms with Gasteiger partial charge in [0.2, 0.25) is 0 Å². The van der Waals surface area contributed by atoms with Crippen LogP contribution in [0, 0.1) is 10.8 Å². The summed E-state index contributed by atoms with van der Waals surface area (Å²) in [6, 6.07) is 0. The Labute approximate surface area is 86.5 Å². The lowest BCUT2D eigenvalue weighted by Gasteiger charge is -2.46. The Morgan fingerprint density at radius 3 is 2.50 bits per heavy atom. The predicted octanol–water partition coefficient (Wildman–Crippen LogP) is 3.06. The van der Waals surface area contributed by atoms with E-state index in [1.807, 2.05) is 0 Å². The van der Waals surface area contributed by atoms with Crippen LogP contribution in [-0.4, -0.2) is 11.2 Å². The van der Waals surface area contributed by atoms with Gasteiger partial charge in [-0.05, 0) is 25.2 Å². The highest BCUT2D eigenvalue weighted by atomic mass is 16.3. The summed E-state index contributed by atoms with van der Waals surface area (Å²) < 4.78 is 0. The molecule has 0 radical (unpaired) electrons. The van der Waals surface area contributed by atoms with E-state index in [0.29, 0.717) is 0 Å². The van der Waals surface area contributed by atoms with Gasteiger partial charge in [-0.2, -0.15) is 0 Å². The largest absolute Gasteiger partial charge is 0.393 e. The van der Waals surface area contributed by atoms with Gasteiger partial charge in [0.1, 0.15) is 0 Å². The maximum atomic E-state index is 9.92. The zero-order chi connectivity index (χ0) is 10.6. The minimum atomic E-state index is -0.145.